The van der Waals surface area contributed by atoms with Crippen LogP contribution in [0.4, 0.5) is 4.79 Å². The first kappa shape index (κ1) is 8.50. The number of hydrogen-bond acceptors (Lipinski definition) is 3. The quantitative estimate of drug-likeness (QED) is 0.441. The van der Waals surface area contributed by atoms with Crippen molar-refractivity contribution in [3.05, 3.63) is 0 Å². The van der Waals surface area contributed by atoms with Gasteiger partial charge in [-0.25, -0.2) is 4.79 Å². The van der Waals surface area contributed by atoms with Gasteiger partial charge >= 0.3 is 6.03 Å². The van der Waals surface area contributed by atoms with Gasteiger partial charge in [-0.15, -0.1) is 0 Å². The Morgan fingerprint density at radius 3 is 2.77 bits per heavy atom. The average molecular weight is 183 g/mol. The molecule has 1 saturated heterocycles. The van der Waals surface area contributed by atoms with Crippen molar-refractivity contribution in [3.8, 4) is 0 Å². The maximum atomic E-state index is 11.5. The summed E-state index contributed by atoms with van der Waals surface area (Å²) in [7, 11) is 0. The maximum absolute atomic E-state index is 11.5. The number of nitrogens with one attached hydrogen (secondary N) is 2. The fraction of sp³-hybridized carbons (Fsp3) is 0.750. The second-order valence-electron chi connectivity index (χ2n) is 3.85. The zero-order valence-electron chi connectivity index (χ0n) is 7.30. The first-order valence-corrected chi connectivity index (χ1v) is 4.52. The van der Waals surface area contributed by atoms with Gasteiger partial charge in [-0.05, 0) is 25.7 Å². The Bertz CT molecular complexity index is 266. The molecule has 0 unspecified atom stereocenters. The van der Waals surface area contributed by atoms with Gasteiger partial charge in [-0.2, -0.15) is 0 Å². The van der Waals surface area contributed by atoms with Crippen molar-refractivity contribution in [2.45, 2.75) is 37.3 Å². The molecule has 5 nitrogen and oxygen atoms in total. The molecule has 1 aliphatic heterocycles. The van der Waals surface area contributed by atoms with Crippen molar-refractivity contribution in [3.63, 3.8) is 0 Å². The summed E-state index contributed by atoms with van der Waals surface area (Å²) < 4.78 is 0. The van der Waals surface area contributed by atoms with Crippen molar-refractivity contribution in [2.24, 2.45) is 5.73 Å². The lowest BCUT2D eigenvalue weighted by Crippen LogP contribution is -2.53. The third-order valence-electron chi connectivity index (χ3n) is 2.80. The first-order chi connectivity index (χ1) is 6.12. The van der Waals surface area contributed by atoms with E-state index in [1.807, 2.05) is 0 Å². The third kappa shape index (κ3) is 1.29. The molecular weight excluding hydrogens is 170 g/mol. The molecule has 0 aromatic heterocycles. The summed E-state index contributed by atoms with van der Waals surface area (Å²) in [6.07, 6.45) is 3.10. The number of amides is 3. The molecule has 1 heterocycles. The molecule has 3 amide bonds. The van der Waals surface area contributed by atoms with Crippen LogP contribution in [0.1, 0.15) is 25.7 Å². The van der Waals surface area contributed by atoms with E-state index in [9.17, 15) is 9.59 Å². The van der Waals surface area contributed by atoms with E-state index in [1.165, 1.54) is 0 Å². The molecule has 0 aromatic rings. The van der Waals surface area contributed by atoms with Crippen LogP contribution < -0.4 is 16.4 Å². The maximum Gasteiger partial charge on any atom is 0.322 e. The smallest absolute Gasteiger partial charge is 0.322 e. The molecule has 2 atom stereocenters. The van der Waals surface area contributed by atoms with Gasteiger partial charge in [0.05, 0.1) is 0 Å². The zero-order valence-corrected chi connectivity index (χ0v) is 7.30. The van der Waals surface area contributed by atoms with Gasteiger partial charge in [0.2, 0.25) is 0 Å². The summed E-state index contributed by atoms with van der Waals surface area (Å²) in [5, 5.41) is 4.92. The van der Waals surface area contributed by atoms with E-state index >= 15 is 0 Å². The average Bonchev–Trinajstić information content (AvgIpc) is 2.26. The normalized spacial score (nSPS) is 39.0. The summed E-state index contributed by atoms with van der Waals surface area (Å²) in [6, 6.07) is -0.364. The highest BCUT2D eigenvalue weighted by Crippen LogP contribution is 2.29. The van der Waals surface area contributed by atoms with Crippen molar-refractivity contribution in [1.29, 1.82) is 0 Å². The summed E-state index contributed by atoms with van der Waals surface area (Å²) in [5.41, 5.74) is 5.07. The van der Waals surface area contributed by atoms with Gasteiger partial charge in [0.1, 0.15) is 5.54 Å². The second-order valence-corrected chi connectivity index (χ2v) is 3.85. The predicted molar refractivity (Wildman–Crippen MR) is 45.8 cm³/mol. The molecule has 0 bridgehead atoms. The van der Waals surface area contributed by atoms with Gasteiger partial charge in [0, 0.05) is 6.04 Å². The minimum atomic E-state index is -0.700. The zero-order chi connectivity index (χ0) is 9.47. The molecular formula is C8H13N3O2. The standard InChI is InChI=1S/C8H13N3O2/c9-5-2-1-3-8(4-5)6(12)10-7(13)11-8/h5H,1-4,9H2,(H2,10,11,12,13)/t5-,8-/m0/s1. The van der Waals surface area contributed by atoms with E-state index in [-0.39, 0.29) is 18.0 Å². The number of rotatable bonds is 0. The monoisotopic (exact) mass is 183 g/mol. The van der Waals surface area contributed by atoms with Gasteiger partial charge in [-0.3, -0.25) is 10.1 Å². The Morgan fingerprint density at radius 1 is 1.46 bits per heavy atom. The molecule has 1 saturated carbocycles. The molecule has 72 valence electrons. The number of urea groups is 1. The lowest BCUT2D eigenvalue weighted by atomic mass is 9.79. The third-order valence-corrected chi connectivity index (χ3v) is 2.80. The van der Waals surface area contributed by atoms with E-state index in [4.69, 9.17) is 5.73 Å². The van der Waals surface area contributed by atoms with Crippen LogP contribution in [0.3, 0.4) is 0 Å². The molecule has 13 heavy (non-hydrogen) atoms. The SMILES string of the molecule is N[C@H]1CCC[C@@]2(C1)NC(=O)NC2=O. The van der Waals surface area contributed by atoms with Crippen molar-refractivity contribution in [2.75, 3.05) is 0 Å². The topological polar surface area (TPSA) is 84.2 Å². The van der Waals surface area contributed by atoms with Gasteiger partial charge in [-0.1, -0.05) is 0 Å². The predicted octanol–water partition coefficient (Wildman–Crippen LogP) is -0.534. The molecule has 2 aliphatic rings. The van der Waals surface area contributed by atoms with Crippen molar-refractivity contribution < 1.29 is 9.59 Å². The van der Waals surface area contributed by atoms with E-state index < -0.39 is 5.54 Å². The van der Waals surface area contributed by atoms with Crippen molar-refractivity contribution >= 4 is 11.9 Å². The number of hydrogen-bond donors (Lipinski definition) is 3. The highest BCUT2D eigenvalue weighted by Gasteiger charge is 2.48. The molecule has 1 aliphatic carbocycles. The van der Waals surface area contributed by atoms with Crippen LogP contribution in [0.25, 0.3) is 0 Å². The van der Waals surface area contributed by atoms with Crippen LogP contribution in [0.2, 0.25) is 0 Å². The van der Waals surface area contributed by atoms with Crippen LogP contribution in [-0.4, -0.2) is 23.5 Å². The summed E-state index contributed by atoms with van der Waals surface area (Å²) in [5.74, 6) is -0.215. The highest BCUT2D eigenvalue weighted by molar-refractivity contribution is 6.07. The Hall–Kier alpha value is -1.10. The minimum Gasteiger partial charge on any atom is -0.328 e. The van der Waals surface area contributed by atoms with Crippen LogP contribution in [0, 0.1) is 0 Å². The minimum absolute atomic E-state index is 0.0258. The number of imide groups is 1. The molecule has 5 heteroatoms. The Balaban J connectivity index is 2.19. The number of carbonyl (C=O) groups is 2. The van der Waals surface area contributed by atoms with Crippen molar-refractivity contribution in [1.82, 2.24) is 10.6 Å². The van der Waals surface area contributed by atoms with Crippen LogP contribution >= 0.6 is 0 Å². The van der Waals surface area contributed by atoms with Gasteiger partial charge in [0.15, 0.2) is 0 Å². The van der Waals surface area contributed by atoms with Crippen LogP contribution in [-0.2, 0) is 4.79 Å². The molecule has 0 aromatic carbocycles. The van der Waals surface area contributed by atoms with Crippen LogP contribution in [0.5, 0.6) is 0 Å². The fourth-order valence-electron chi connectivity index (χ4n) is 2.17. The first-order valence-electron chi connectivity index (χ1n) is 4.52. The molecule has 2 fully saturated rings. The highest BCUT2D eigenvalue weighted by atomic mass is 16.2. The largest absolute Gasteiger partial charge is 0.328 e. The lowest BCUT2D eigenvalue weighted by Gasteiger charge is -2.33. The summed E-state index contributed by atoms with van der Waals surface area (Å²) in [4.78, 5) is 22.4. The molecule has 2 rings (SSSR count). The molecule has 4 N–H and O–H groups in total. The summed E-state index contributed by atoms with van der Waals surface area (Å²) in [6.45, 7) is 0. The second kappa shape index (κ2) is 2.70. The number of nitrogens with two attached hydrogens (primary N) is 1. The van der Waals surface area contributed by atoms with Gasteiger partial charge < -0.3 is 11.1 Å². The van der Waals surface area contributed by atoms with E-state index in [2.05, 4.69) is 10.6 Å². The molecule has 1 spiro atoms. The molecule has 0 radical (unpaired) electrons. The van der Waals surface area contributed by atoms with E-state index in [1.54, 1.807) is 0 Å². The Kier molecular flexibility index (Phi) is 1.76. The van der Waals surface area contributed by atoms with Crippen LogP contribution in [0.15, 0.2) is 0 Å². The van der Waals surface area contributed by atoms with E-state index in [0.717, 1.165) is 12.8 Å². The van der Waals surface area contributed by atoms with E-state index in [0.29, 0.717) is 12.8 Å². The number of carbonyl (C=O) groups excluding carboxylic acids is 2. The fourth-order valence-corrected chi connectivity index (χ4v) is 2.17. The Labute approximate surface area is 76.0 Å². The summed E-state index contributed by atoms with van der Waals surface area (Å²) >= 11 is 0. The lowest BCUT2D eigenvalue weighted by molar-refractivity contribution is -0.125. The van der Waals surface area contributed by atoms with Gasteiger partial charge in [0.25, 0.3) is 5.91 Å². The Morgan fingerprint density at radius 2 is 2.23 bits per heavy atom.